The van der Waals surface area contributed by atoms with Gasteiger partial charge in [0.1, 0.15) is 0 Å². The van der Waals surface area contributed by atoms with Crippen LogP contribution in [0.5, 0.6) is 11.5 Å². The molecule has 1 aromatic rings. The standard InChI is InChI=1S/C14H15Cl2NO3/c15-4-2-1-3-8-5-10(18)12-9(17-7-8)6-11(19)14(20)13(12)16/h6-8,19-20H,1-5H2. The summed E-state index contributed by atoms with van der Waals surface area (Å²) in [6, 6.07) is 1.26. The molecule has 2 rings (SSSR count). The first-order chi connectivity index (χ1) is 9.54. The molecule has 0 radical (unpaired) electrons. The number of halogens is 2. The number of fused-ring (bicyclic) bond motifs is 1. The summed E-state index contributed by atoms with van der Waals surface area (Å²) in [5, 5.41) is 19.0. The number of hydrogen-bond donors (Lipinski definition) is 2. The van der Waals surface area contributed by atoms with Gasteiger partial charge in [-0.15, -0.1) is 11.6 Å². The lowest BCUT2D eigenvalue weighted by Crippen LogP contribution is -2.08. The minimum Gasteiger partial charge on any atom is -0.504 e. The first-order valence-electron chi connectivity index (χ1n) is 6.42. The van der Waals surface area contributed by atoms with E-state index < -0.39 is 5.75 Å². The zero-order chi connectivity index (χ0) is 14.7. The molecule has 108 valence electrons. The van der Waals surface area contributed by atoms with Gasteiger partial charge in [-0.25, -0.2) is 0 Å². The van der Waals surface area contributed by atoms with Gasteiger partial charge in [0.2, 0.25) is 0 Å². The van der Waals surface area contributed by atoms with Gasteiger partial charge in [0, 0.05) is 30.5 Å². The Bertz CT molecular complexity index is 558. The summed E-state index contributed by atoms with van der Waals surface area (Å²) in [5.41, 5.74) is 0.480. The van der Waals surface area contributed by atoms with Crippen LogP contribution in [0.2, 0.25) is 5.02 Å². The molecule has 0 spiro atoms. The van der Waals surface area contributed by atoms with Gasteiger partial charge in [-0.2, -0.15) is 0 Å². The van der Waals surface area contributed by atoms with Gasteiger partial charge in [0.25, 0.3) is 0 Å². The molecule has 2 N–H and O–H groups in total. The molecule has 0 saturated carbocycles. The van der Waals surface area contributed by atoms with Gasteiger partial charge >= 0.3 is 0 Å². The maximum Gasteiger partial charge on any atom is 0.177 e. The largest absolute Gasteiger partial charge is 0.504 e. The van der Waals surface area contributed by atoms with Crippen molar-refractivity contribution in [1.29, 1.82) is 0 Å². The predicted molar refractivity (Wildman–Crippen MR) is 79.9 cm³/mol. The molecule has 1 unspecified atom stereocenters. The molecule has 0 fully saturated rings. The second-order valence-electron chi connectivity index (χ2n) is 4.80. The van der Waals surface area contributed by atoms with E-state index in [1.54, 1.807) is 6.21 Å². The number of carbonyl (C=O) groups is 1. The maximum absolute atomic E-state index is 12.2. The number of phenolic OH excluding ortho intramolecular Hbond substituents is 2. The quantitative estimate of drug-likeness (QED) is 0.500. The fourth-order valence-corrected chi connectivity index (χ4v) is 2.72. The Morgan fingerprint density at radius 1 is 1.35 bits per heavy atom. The normalized spacial score (nSPS) is 17.9. The van der Waals surface area contributed by atoms with E-state index in [4.69, 9.17) is 23.2 Å². The lowest BCUT2D eigenvalue weighted by molar-refractivity contribution is 0.0972. The molecule has 0 bridgehead atoms. The summed E-state index contributed by atoms with van der Waals surface area (Å²) in [4.78, 5) is 16.5. The summed E-state index contributed by atoms with van der Waals surface area (Å²) in [7, 11) is 0. The molecule has 0 amide bonds. The minimum atomic E-state index is -0.477. The van der Waals surface area contributed by atoms with E-state index in [0.29, 0.717) is 18.0 Å². The zero-order valence-corrected chi connectivity index (χ0v) is 12.3. The van der Waals surface area contributed by atoms with Crippen LogP contribution < -0.4 is 0 Å². The Balaban J connectivity index is 2.27. The molecule has 4 nitrogen and oxygen atoms in total. The van der Waals surface area contributed by atoms with Gasteiger partial charge in [0.15, 0.2) is 17.3 Å². The Hall–Kier alpha value is -1.26. The van der Waals surface area contributed by atoms with Crippen LogP contribution >= 0.6 is 23.2 Å². The molecule has 1 aromatic carbocycles. The van der Waals surface area contributed by atoms with Crippen LogP contribution in [0.15, 0.2) is 11.1 Å². The number of phenols is 2. The summed E-state index contributed by atoms with van der Waals surface area (Å²) >= 11 is 11.6. The van der Waals surface area contributed by atoms with Crippen LogP contribution in [0.25, 0.3) is 0 Å². The number of hydrogen-bond acceptors (Lipinski definition) is 4. The molecule has 1 aliphatic heterocycles. The average Bonchev–Trinajstić information content (AvgIpc) is 2.56. The summed E-state index contributed by atoms with van der Waals surface area (Å²) < 4.78 is 0. The number of rotatable bonds is 4. The Kier molecular flexibility index (Phi) is 4.89. The third-order valence-electron chi connectivity index (χ3n) is 3.31. The molecule has 0 aliphatic carbocycles. The minimum absolute atomic E-state index is 0.0264. The van der Waals surface area contributed by atoms with Crippen molar-refractivity contribution in [1.82, 2.24) is 0 Å². The van der Waals surface area contributed by atoms with Gasteiger partial charge < -0.3 is 10.2 Å². The van der Waals surface area contributed by atoms with Crippen LogP contribution in [0.4, 0.5) is 5.69 Å². The van der Waals surface area contributed by atoms with E-state index in [-0.39, 0.29) is 28.0 Å². The van der Waals surface area contributed by atoms with E-state index >= 15 is 0 Å². The lowest BCUT2D eigenvalue weighted by atomic mass is 9.95. The number of aliphatic imine (C=N–C) groups is 1. The van der Waals surface area contributed by atoms with E-state index in [1.807, 2.05) is 0 Å². The highest BCUT2D eigenvalue weighted by Gasteiger charge is 2.25. The number of ketones is 1. The Morgan fingerprint density at radius 3 is 2.80 bits per heavy atom. The molecule has 20 heavy (non-hydrogen) atoms. The third-order valence-corrected chi connectivity index (χ3v) is 3.94. The van der Waals surface area contributed by atoms with Crippen molar-refractivity contribution in [3.8, 4) is 11.5 Å². The Morgan fingerprint density at radius 2 is 2.10 bits per heavy atom. The van der Waals surface area contributed by atoms with Crippen LogP contribution in [-0.2, 0) is 0 Å². The molecule has 1 aliphatic rings. The fraction of sp³-hybridized carbons (Fsp3) is 0.429. The number of unbranched alkanes of at least 4 members (excludes halogenated alkanes) is 1. The first-order valence-corrected chi connectivity index (χ1v) is 7.33. The van der Waals surface area contributed by atoms with Gasteiger partial charge in [-0.3, -0.25) is 9.79 Å². The van der Waals surface area contributed by atoms with Crippen molar-refractivity contribution in [2.24, 2.45) is 10.9 Å². The smallest absolute Gasteiger partial charge is 0.177 e. The van der Waals surface area contributed by atoms with Crippen molar-refractivity contribution in [2.75, 3.05) is 5.88 Å². The average molecular weight is 316 g/mol. The van der Waals surface area contributed by atoms with E-state index in [2.05, 4.69) is 4.99 Å². The highest BCUT2D eigenvalue weighted by Crippen LogP contribution is 2.43. The van der Waals surface area contributed by atoms with Crippen molar-refractivity contribution in [3.05, 3.63) is 16.7 Å². The van der Waals surface area contributed by atoms with Crippen molar-refractivity contribution in [3.63, 3.8) is 0 Å². The highest BCUT2D eigenvalue weighted by molar-refractivity contribution is 6.36. The summed E-state index contributed by atoms with van der Waals surface area (Å²) in [6.45, 7) is 0. The Labute approximate surface area is 127 Å². The molecular formula is C14H15Cl2NO3. The van der Waals surface area contributed by atoms with Crippen molar-refractivity contribution < 1.29 is 15.0 Å². The summed E-state index contributed by atoms with van der Waals surface area (Å²) in [5.74, 6) is -0.396. The topological polar surface area (TPSA) is 69.9 Å². The second-order valence-corrected chi connectivity index (χ2v) is 5.56. The number of nitrogens with zero attached hydrogens (tertiary/aromatic N) is 1. The lowest BCUT2D eigenvalue weighted by Gasteiger charge is -2.10. The van der Waals surface area contributed by atoms with Crippen LogP contribution in [0, 0.1) is 5.92 Å². The number of benzene rings is 1. The molecular weight excluding hydrogens is 301 g/mol. The van der Waals surface area contributed by atoms with Gasteiger partial charge in [-0.05, 0) is 12.8 Å². The number of aromatic hydroxyl groups is 2. The van der Waals surface area contributed by atoms with Gasteiger partial charge in [0.05, 0.1) is 16.3 Å². The molecule has 0 saturated heterocycles. The van der Waals surface area contributed by atoms with Crippen LogP contribution in [0.1, 0.15) is 36.0 Å². The molecule has 1 atom stereocenters. The maximum atomic E-state index is 12.2. The number of carbonyl (C=O) groups excluding carboxylic acids is 1. The SMILES string of the molecule is O=C1CC(CCCCCl)C=Nc2cc(O)c(O)c(Cl)c21. The van der Waals surface area contributed by atoms with Crippen LogP contribution in [-0.4, -0.2) is 28.1 Å². The molecule has 1 heterocycles. The summed E-state index contributed by atoms with van der Waals surface area (Å²) in [6.07, 6.45) is 4.66. The number of alkyl halides is 1. The second kappa shape index (κ2) is 6.46. The van der Waals surface area contributed by atoms with Gasteiger partial charge in [-0.1, -0.05) is 18.0 Å². The predicted octanol–water partition coefficient (Wildman–Crippen LogP) is 4.07. The van der Waals surface area contributed by atoms with Crippen molar-refractivity contribution >= 4 is 40.9 Å². The molecule has 6 heteroatoms. The van der Waals surface area contributed by atoms with E-state index in [1.165, 1.54) is 6.07 Å². The highest BCUT2D eigenvalue weighted by atomic mass is 35.5. The van der Waals surface area contributed by atoms with E-state index in [9.17, 15) is 15.0 Å². The monoisotopic (exact) mass is 315 g/mol. The number of Topliss-reactive ketones (excluding diaryl/α,β-unsaturated/α-hetero) is 1. The van der Waals surface area contributed by atoms with E-state index in [0.717, 1.165) is 19.3 Å². The zero-order valence-electron chi connectivity index (χ0n) is 10.8. The fourth-order valence-electron chi connectivity index (χ4n) is 2.24. The van der Waals surface area contributed by atoms with Crippen LogP contribution in [0.3, 0.4) is 0 Å². The molecule has 0 aromatic heterocycles. The van der Waals surface area contributed by atoms with Crippen molar-refractivity contribution in [2.45, 2.75) is 25.7 Å². The third kappa shape index (κ3) is 3.07. The first kappa shape index (κ1) is 15.1.